The van der Waals surface area contributed by atoms with Crippen LogP contribution in [0.1, 0.15) is 52.4 Å². The van der Waals surface area contributed by atoms with Crippen molar-refractivity contribution in [1.29, 1.82) is 0 Å². The third-order valence-corrected chi connectivity index (χ3v) is 7.34. The van der Waals surface area contributed by atoms with Gasteiger partial charge in [-0.25, -0.2) is 0 Å². The number of hydrogen-bond donors (Lipinski definition) is 1. The van der Waals surface area contributed by atoms with E-state index in [9.17, 15) is 5.11 Å². The summed E-state index contributed by atoms with van der Waals surface area (Å²) in [6.45, 7) is 9.02. The standard InChI is InChI=1S/C19H28OS/c1-13-6-9-17-16(5-4-11-19(13,17)3)8-7-15-10-12-21-18(20)14(15)2/h7-8,13,17-18,20H,2,4-6,9-12H2,1,3H3/b15-7-,16-8+. The van der Waals surface area contributed by atoms with Crippen molar-refractivity contribution in [2.24, 2.45) is 17.3 Å². The quantitative estimate of drug-likeness (QED) is 0.728. The highest BCUT2D eigenvalue weighted by Crippen LogP contribution is 2.57. The summed E-state index contributed by atoms with van der Waals surface area (Å²) in [7, 11) is 0. The van der Waals surface area contributed by atoms with Gasteiger partial charge in [-0.3, -0.25) is 0 Å². The molecule has 0 amide bonds. The first kappa shape index (κ1) is 15.4. The van der Waals surface area contributed by atoms with Crippen LogP contribution in [-0.4, -0.2) is 16.3 Å². The van der Waals surface area contributed by atoms with E-state index < -0.39 is 5.44 Å². The van der Waals surface area contributed by atoms with E-state index in [4.69, 9.17) is 0 Å². The predicted octanol–water partition coefficient (Wildman–Crippen LogP) is 5.09. The SMILES string of the molecule is C=C1/C(=C\C=C2/CCCC3(C)C(C)CCC23)CCSC1O. The molecule has 2 aliphatic carbocycles. The van der Waals surface area contributed by atoms with Gasteiger partial charge in [0.2, 0.25) is 0 Å². The van der Waals surface area contributed by atoms with Crippen molar-refractivity contribution in [2.45, 2.75) is 57.8 Å². The van der Waals surface area contributed by atoms with Gasteiger partial charge >= 0.3 is 0 Å². The summed E-state index contributed by atoms with van der Waals surface area (Å²) >= 11 is 1.60. The van der Waals surface area contributed by atoms with Crippen molar-refractivity contribution in [2.75, 3.05) is 5.75 Å². The summed E-state index contributed by atoms with van der Waals surface area (Å²) in [5.74, 6) is 2.66. The van der Waals surface area contributed by atoms with E-state index >= 15 is 0 Å². The van der Waals surface area contributed by atoms with Crippen LogP contribution in [0.2, 0.25) is 0 Å². The van der Waals surface area contributed by atoms with Gasteiger partial charge in [-0.1, -0.05) is 38.2 Å². The van der Waals surface area contributed by atoms with Crippen molar-refractivity contribution in [3.05, 3.63) is 35.5 Å². The van der Waals surface area contributed by atoms with Crippen molar-refractivity contribution in [3.8, 4) is 0 Å². The zero-order chi connectivity index (χ0) is 15.0. The Bertz CT molecular complexity index is 490. The molecule has 2 heteroatoms. The van der Waals surface area contributed by atoms with E-state index in [2.05, 4.69) is 32.6 Å². The Morgan fingerprint density at radius 2 is 2.10 bits per heavy atom. The Morgan fingerprint density at radius 3 is 2.90 bits per heavy atom. The summed E-state index contributed by atoms with van der Waals surface area (Å²) in [6, 6.07) is 0. The highest BCUT2D eigenvalue weighted by molar-refractivity contribution is 8.00. The second-order valence-electron chi connectivity index (χ2n) is 7.32. The minimum absolute atomic E-state index is 0.397. The van der Waals surface area contributed by atoms with Crippen LogP contribution in [0.15, 0.2) is 35.5 Å². The van der Waals surface area contributed by atoms with Crippen LogP contribution in [-0.2, 0) is 0 Å². The van der Waals surface area contributed by atoms with Gasteiger partial charge in [0, 0.05) is 5.75 Å². The normalized spacial score (nSPS) is 44.3. The molecular weight excluding hydrogens is 276 g/mol. The van der Waals surface area contributed by atoms with Crippen molar-refractivity contribution in [3.63, 3.8) is 0 Å². The second kappa shape index (κ2) is 5.96. The molecule has 3 aliphatic rings. The number of rotatable bonds is 1. The third-order valence-electron chi connectivity index (χ3n) is 6.29. The lowest BCUT2D eigenvalue weighted by Gasteiger charge is -2.41. The lowest BCUT2D eigenvalue weighted by molar-refractivity contribution is 0.147. The van der Waals surface area contributed by atoms with Crippen LogP contribution < -0.4 is 0 Å². The first-order valence-electron chi connectivity index (χ1n) is 8.41. The second-order valence-corrected chi connectivity index (χ2v) is 8.51. The molecule has 21 heavy (non-hydrogen) atoms. The fourth-order valence-electron chi connectivity index (χ4n) is 4.59. The maximum absolute atomic E-state index is 9.91. The van der Waals surface area contributed by atoms with Gasteiger partial charge in [0.05, 0.1) is 0 Å². The lowest BCUT2D eigenvalue weighted by Crippen LogP contribution is -2.31. The molecule has 1 nitrogen and oxygen atoms in total. The molecule has 1 N–H and O–H groups in total. The van der Waals surface area contributed by atoms with Crippen LogP contribution in [0.5, 0.6) is 0 Å². The van der Waals surface area contributed by atoms with Gasteiger partial charge in [0.25, 0.3) is 0 Å². The predicted molar refractivity (Wildman–Crippen MR) is 92.2 cm³/mol. The van der Waals surface area contributed by atoms with Crippen LogP contribution in [0.25, 0.3) is 0 Å². The zero-order valence-electron chi connectivity index (χ0n) is 13.4. The monoisotopic (exact) mass is 304 g/mol. The molecule has 1 aliphatic heterocycles. The summed E-state index contributed by atoms with van der Waals surface area (Å²) in [4.78, 5) is 0. The number of aliphatic hydroxyl groups is 1. The summed E-state index contributed by atoms with van der Waals surface area (Å²) in [5, 5.41) is 9.91. The Labute approximate surface area is 133 Å². The smallest absolute Gasteiger partial charge is 0.124 e. The number of aliphatic hydroxyl groups excluding tert-OH is 1. The van der Waals surface area contributed by atoms with Crippen LogP contribution in [0.3, 0.4) is 0 Å². The van der Waals surface area contributed by atoms with Gasteiger partial charge < -0.3 is 5.11 Å². The van der Waals surface area contributed by atoms with E-state index in [1.165, 1.54) is 37.7 Å². The molecule has 4 unspecified atom stereocenters. The highest BCUT2D eigenvalue weighted by Gasteiger charge is 2.46. The largest absolute Gasteiger partial charge is 0.378 e. The first-order chi connectivity index (χ1) is 10.0. The van der Waals surface area contributed by atoms with Crippen molar-refractivity contribution < 1.29 is 5.11 Å². The van der Waals surface area contributed by atoms with Gasteiger partial charge in [0.1, 0.15) is 5.44 Å². The molecule has 0 aromatic carbocycles. The van der Waals surface area contributed by atoms with Gasteiger partial charge in [-0.05, 0) is 66.9 Å². The molecule has 1 saturated heterocycles. The number of fused-ring (bicyclic) bond motifs is 1. The third kappa shape index (κ3) is 2.77. The zero-order valence-corrected chi connectivity index (χ0v) is 14.2. The average molecular weight is 304 g/mol. The van der Waals surface area contributed by atoms with E-state index in [-0.39, 0.29) is 0 Å². The van der Waals surface area contributed by atoms with Gasteiger partial charge in [-0.2, -0.15) is 0 Å². The number of hydrogen-bond acceptors (Lipinski definition) is 2. The first-order valence-corrected chi connectivity index (χ1v) is 9.45. The number of thioether (sulfide) groups is 1. The Kier molecular flexibility index (Phi) is 4.38. The summed E-state index contributed by atoms with van der Waals surface area (Å²) in [6.07, 6.45) is 12.4. The highest BCUT2D eigenvalue weighted by atomic mass is 32.2. The molecule has 2 saturated carbocycles. The van der Waals surface area contributed by atoms with Gasteiger partial charge in [-0.15, -0.1) is 11.8 Å². The van der Waals surface area contributed by atoms with E-state index in [0.717, 1.165) is 29.6 Å². The molecule has 1 heterocycles. The lowest BCUT2D eigenvalue weighted by atomic mass is 9.64. The molecule has 116 valence electrons. The van der Waals surface area contributed by atoms with Crippen LogP contribution in [0, 0.1) is 17.3 Å². The van der Waals surface area contributed by atoms with Crippen molar-refractivity contribution in [1.82, 2.24) is 0 Å². The van der Waals surface area contributed by atoms with E-state index in [0.29, 0.717) is 5.41 Å². The van der Waals surface area contributed by atoms with Gasteiger partial charge in [0.15, 0.2) is 0 Å². The molecule has 3 rings (SSSR count). The summed E-state index contributed by atoms with van der Waals surface area (Å²) < 4.78 is 0. The molecule has 4 atom stereocenters. The Balaban J connectivity index is 1.81. The molecule has 0 aromatic rings. The molecule has 0 bridgehead atoms. The topological polar surface area (TPSA) is 20.2 Å². The maximum atomic E-state index is 9.91. The molecule has 0 radical (unpaired) electrons. The molecule has 0 aromatic heterocycles. The fourth-order valence-corrected chi connectivity index (χ4v) is 5.51. The maximum Gasteiger partial charge on any atom is 0.124 e. The number of allylic oxidation sites excluding steroid dienone is 3. The van der Waals surface area contributed by atoms with Crippen molar-refractivity contribution >= 4 is 11.8 Å². The minimum atomic E-state index is -0.397. The molecular formula is C19H28OS. The average Bonchev–Trinajstić information content (AvgIpc) is 2.77. The minimum Gasteiger partial charge on any atom is -0.378 e. The Morgan fingerprint density at radius 1 is 1.29 bits per heavy atom. The summed E-state index contributed by atoms with van der Waals surface area (Å²) in [5.41, 5.74) is 3.96. The van der Waals surface area contributed by atoms with Crippen LogP contribution in [0.4, 0.5) is 0 Å². The van der Waals surface area contributed by atoms with E-state index in [1.54, 1.807) is 17.3 Å². The van der Waals surface area contributed by atoms with E-state index in [1.807, 2.05) is 0 Å². The van der Waals surface area contributed by atoms with Crippen LogP contribution >= 0.6 is 11.8 Å². The molecule has 3 fully saturated rings. The Hall–Kier alpha value is -0.470. The fraction of sp³-hybridized carbons (Fsp3) is 0.684. The molecule has 0 spiro atoms.